The van der Waals surface area contributed by atoms with Gasteiger partial charge in [0, 0.05) is 55.8 Å². The molecule has 1 heterocycles. The third-order valence-electron chi connectivity index (χ3n) is 4.53. The average Bonchev–Trinajstić information content (AvgIpc) is 2.64. The van der Waals surface area contributed by atoms with Gasteiger partial charge in [-0.15, -0.1) is 0 Å². The maximum absolute atomic E-state index is 12.1. The van der Waals surface area contributed by atoms with Crippen LogP contribution in [0.4, 0.5) is 0 Å². The molecule has 2 aromatic rings. The zero-order valence-electron chi connectivity index (χ0n) is 14.3. The van der Waals surface area contributed by atoms with Gasteiger partial charge < -0.3 is 5.32 Å². The number of hydrogen-bond donors (Lipinski definition) is 1. The van der Waals surface area contributed by atoms with Gasteiger partial charge in [-0.05, 0) is 29.8 Å². The minimum absolute atomic E-state index is 0.00443. The highest BCUT2D eigenvalue weighted by Gasteiger charge is 2.16. The molecule has 5 heteroatoms. The summed E-state index contributed by atoms with van der Waals surface area (Å²) in [7, 11) is 0. The van der Waals surface area contributed by atoms with Crippen molar-refractivity contribution in [2.45, 2.75) is 6.54 Å². The van der Waals surface area contributed by atoms with E-state index in [1.165, 1.54) is 5.56 Å². The number of hydrogen-bond acceptors (Lipinski definition) is 3. The van der Waals surface area contributed by atoms with Gasteiger partial charge in [-0.1, -0.05) is 46.3 Å². The summed E-state index contributed by atoms with van der Waals surface area (Å²) in [5.41, 5.74) is 2.08. The van der Waals surface area contributed by atoms with Crippen LogP contribution in [0.3, 0.4) is 0 Å². The Hall–Kier alpha value is -1.69. The van der Waals surface area contributed by atoms with Crippen molar-refractivity contribution in [1.82, 2.24) is 15.1 Å². The van der Waals surface area contributed by atoms with E-state index in [0.29, 0.717) is 12.1 Å². The molecular weight excluding hydrogens is 378 g/mol. The van der Waals surface area contributed by atoms with Gasteiger partial charge >= 0.3 is 0 Å². The number of carbonyl (C=O) groups excluding carboxylic acids is 1. The molecule has 1 aliphatic rings. The molecule has 0 bridgehead atoms. The van der Waals surface area contributed by atoms with Gasteiger partial charge in [-0.3, -0.25) is 14.6 Å². The Bertz CT molecular complexity index is 667. The van der Waals surface area contributed by atoms with Crippen molar-refractivity contribution in [2.24, 2.45) is 0 Å². The zero-order chi connectivity index (χ0) is 17.5. The van der Waals surface area contributed by atoms with Gasteiger partial charge in [-0.25, -0.2) is 0 Å². The minimum atomic E-state index is -0.00443. The summed E-state index contributed by atoms with van der Waals surface area (Å²) >= 11 is 3.38. The zero-order valence-corrected chi connectivity index (χ0v) is 15.9. The van der Waals surface area contributed by atoms with Crippen LogP contribution in [0.1, 0.15) is 15.9 Å². The second-order valence-electron chi connectivity index (χ2n) is 6.37. The summed E-state index contributed by atoms with van der Waals surface area (Å²) in [5.74, 6) is -0.00443. The molecule has 1 N–H and O–H groups in total. The van der Waals surface area contributed by atoms with Crippen molar-refractivity contribution in [1.29, 1.82) is 0 Å². The lowest BCUT2D eigenvalue weighted by molar-refractivity contribution is 0.0934. The fraction of sp³-hybridized carbons (Fsp3) is 0.350. The van der Waals surface area contributed by atoms with Crippen LogP contribution in [0.5, 0.6) is 0 Å². The van der Waals surface area contributed by atoms with Crippen molar-refractivity contribution in [3.05, 3.63) is 70.2 Å². The van der Waals surface area contributed by atoms with Crippen molar-refractivity contribution >= 4 is 21.8 Å². The second-order valence-corrected chi connectivity index (χ2v) is 7.28. The highest BCUT2D eigenvalue weighted by atomic mass is 79.9. The van der Waals surface area contributed by atoms with E-state index in [4.69, 9.17) is 0 Å². The van der Waals surface area contributed by atoms with Crippen molar-refractivity contribution in [2.75, 3.05) is 39.3 Å². The standard InChI is InChI=1S/C20H24BrN3O/c21-19-8-6-18(7-9-19)20(25)22-10-11-23-12-14-24(15-13-23)16-17-4-2-1-3-5-17/h1-9H,10-16H2,(H,22,25). The van der Waals surface area contributed by atoms with Crippen LogP contribution in [0.2, 0.25) is 0 Å². The molecule has 0 spiro atoms. The maximum atomic E-state index is 12.1. The molecular formula is C20H24BrN3O. The Kier molecular flexibility index (Phi) is 6.62. The number of rotatable bonds is 6. The van der Waals surface area contributed by atoms with Crippen molar-refractivity contribution in [3.63, 3.8) is 0 Å². The highest BCUT2D eigenvalue weighted by Crippen LogP contribution is 2.10. The number of amides is 1. The van der Waals surface area contributed by atoms with Crippen molar-refractivity contribution in [3.8, 4) is 0 Å². The SMILES string of the molecule is O=C(NCCN1CCN(Cc2ccccc2)CC1)c1ccc(Br)cc1. The Morgan fingerprint density at radius 1 is 0.920 bits per heavy atom. The number of nitrogens with one attached hydrogen (secondary N) is 1. The molecule has 0 aromatic heterocycles. The second kappa shape index (κ2) is 9.13. The predicted octanol–water partition coefficient (Wildman–Crippen LogP) is 3.00. The lowest BCUT2D eigenvalue weighted by atomic mass is 10.2. The summed E-state index contributed by atoms with van der Waals surface area (Å²) in [4.78, 5) is 17.0. The molecule has 1 fully saturated rings. The molecule has 1 aliphatic heterocycles. The van der Waals surface area contributed by atoms with E-state index < -0.39 is 0 Å². The molecule has 25 heavy (non-hydrogen) atoms. The fourth-order valence-electron chi connectivity index (χ4n) is 3.04. The van der Waals surface area contributed by atoms with Gasteiger partial charge in [0.15, 0.2) is 0 Å². The molecule has 0 atom stereocenters. The van der Waals surface area contributed by atoms with E-state index in [1.807, 2.05) is 24.3 Å². The summed E-state index contributed by atoms with van der Waals surface area (Å²) < 4.78 is 0.984. The molecule has 4 nitrogen and oxygen atoms in total. The number of benzene rings is 2. The van der Waals surface area contributed by atoms with Crippen LogP contribution in [0, 0.1) is 0 Å². The van der Waals surface area contributed by atoms with Crippen LogP contribution < -0.4 is 5.32 Å². The van der Waals surface area contributed by atoms with Crippen molar-refractivity contribution < 1.29 is 4.79 Å². The fourth-order valence-corrected chi connectivity index (χ4v) is 3.31. The summed E-state index contributed by atoms with van der Waals surface area (Å²) in [6, 6.07) is 18.1. The van der Waals surface area contributed by atoms with Crippen LogP contribution in [0.25, 0.3) is 0 Å². The summed E-state index contributed by atoms with van der Waals surface area (Å²) in [6.07, 6.45) is 0. The van der Waals surface area contributed by atoms with E-state index in [9.17, 15) is 4.79 Å². The number of nitrogens with zero attached hydrogens (tertiary/aromatic N) is 2. The summed E-state index contributed by atoms with van der Waals surface area (Å²) in [5, 5.41) is 3.01. The molecule has 2 aromatic carbocycles. The number of halogens is 1. The van der Waals surface area contributed by atoms with Crippen LogP contribution in [-0.4, -0.2) is 55.0 Å². The van der Waals surface area contributed by atoms with Crippen LogP contribution in [0.15, 0.2) is 59.1 Å². The first-order valence-corrected chi connectivity index (χ1v) is 9.52. The molecule has 1 amide bonds. The lowest BCUT2D eigenvalue weighted by Crippen LogP contribution is -2.48. The molecule has 132 valence electrons. The minimum Gasteiger partial charge on any atom is -0.351 e. The highest BCUT2D eigenvalue weighted by molar-refractivity contribution is 9.10. The molecule has 0 aliphatic carbocycles. The Labute approximate surface area is 158 Å². The number of piperazine rings is 1. The first kappa shape index (κ1) is 18.1. The van der Waals surface area contributed by atoms with Gasteiger partial charge in [0.05, 0.1) is 0 Å². The predicted molar refractivity (Wildman–Crippen MR) is 105 cm³/mol. The average molecular weight is 402 g/mol. The van der Waals surface area contributed by atoms with E-state index in [-0.39, 0.29) is 5.91 Å². The van der Waals surface area contributed by atoms with Gasteiger partial charge in [0.1, 0.15) is 0 Å². The molecule has 1 saturated heterocycles. The van der Waals surface area contributed by atoms with E-state index >= 15 is 0 Å². The largest absolute Gasteiger partial charge is 0.351 e. The lowest BCUT2D eigenvalue weighted by Gasteiger charge is -2.34. The Morgan fingerprint density at radius 3 is 2.24 bits per heavy atom. The third kappa shape index (κ3) is 5.66. The topological polar surface area (TPSA) is 35.6 Å². The van der Waals surface area contributed by atoms with Gasteiger partial charge in [0.2, 0.25) is 0 Å². The normalized spacial score (nSPS) is 15.9. The van der Waals surface area contributed by atoms with Crippen LogP contribution in [-0.2, 0) is 6.54 Å². The third-order valence-corrected chi connectivity index (χ3v) is 5.06. The monoisotopic (exact) mass is 401 g/mol. The van der Waals surface area contributed by atoms with E-state index in [1.54, 1.807) is 0 Å². The summed E-state index contributed by atoms with van der Waals surface area (Å²) in [6.45, 7) is 6.89. The Balaban J connectivity index is 1.35. The van der Waals surface area contributed by atoms with Gasteiger partial charge in [-0.2, -0.15) is 0 Å². The molecule has 0 unspecified atom stereocenters. The Morgan fingerprint density at radius 2 is 1.56 bits per heavy atom. The van der Waals surface area contributed by atoms with Gasteiger partial charge in [0.25, 0.3) is 5.91 Å². The first-order valence-electron chi connectivity index (χ1n) is 8.73. The van der Waals surface area contributed by atoms with Crippen LogP contribution >= 0.6 is 15.9 Å². The quantitative estimate of drug-likeness (QED) is 0.807. The van der Waals surface area contributed by atoms with E-state index in [0.717, 1.165) is 43.7 Å². The first-order chi connectivity index (χ1) is 12.2. The number of carbonyl (C=O) groups is 1. The molecule has 3 rings (SSSR count). The molecule has 0 radical (unpaired) electrons. The molecule has 0 saturated carbocycles. The van der Waals surface area contributed by atoms with E-state index in [2.05, 4.69) is 61.4 Å². The smallest absolute Gasteiger partial charge is 0.251 e. The maximum Gasteiger partial charge on any atom is 0.251 e.